The molecule has 0 unspecified atom stereocenters. The average Bonchev–Trinajstić information content (AvgIpc) is 3.15. The number of aromatic nitrogens is 3. The number of furan rings is 1. The van der Waals surface area contributed by atoms with Crippen molar-refractivity contribution in [2.75, 3.05) is 19.7 Å². The molecule has 114 valence electrons. The summed E-state index contributed by atoms with van der Waals surface area (Å²) in [6.45, 7) is 8.32. The number of hydrogen-bond donors (Lipinski definition) is 0. The molecule has 1 fully saturated rings. The van der Waals surface area contributed by atoms with Gasteiger partial charge in [0.15, 0.2) is 5.82 Å². The monoisotopic (exact) mass is 290 g/mol. The third-order valence-electron chi connectivity index (χ3n) is 3.87. The van der Waals surface area contributed by atoms with Crippen LogP contribution >= 0.6 is 0 Å². The van der Waals surface area contributed by atoms with E-state index in [0.29, 0.717) is 6.61 Å². The quantitative estimate of drug-likeness (QED) is 0.843. The maximum absolute atomic E-state index is 5.86. The molecular formula is C15H22N4O2. The van der Waals surface area contributed by atoms with Gasteiger partial charge in [-0.05, 0) is 19.1 Å². The Morgan fingerprint density at radius 2 is 2.14 bits per heavy atom. The second-order valence-corrected chi connectivity index (χ2v) is 5.29. The van der Waals surface area contributed by atoms with Gasteiger partial charge in [0, 0.05) is 26.1 Å². The number of hydrogen-bond acceptors (Lipinski definition) is 5. The topological polar surface area (TPSA) is 56.3 Å². The summed E-state index contributed by atoms with van der Waals surface area (Å²) in [5, 5.41) is 8.19. The maximum atomic E-state index is 5.86. The summed E-state index contributed by atoms with van der Waals surface area (Å²) in [6, 6.07) is 4.12. The SMILES string of the molecule is CCc1ccc(CN2CCO[C@H](c3nncn3CC)C2)o1. The van der Waals surface area contributed by atoms with E-state index in [1.807, 2.05) is 4.57 Å². The largest absolute Gasteiger partial charge is 0.465 e. The normalized spacial score (nSPS) is 20.0. The van der Waals surface area contributed by atoms with Crippen LogP contribution in [-0.2, 0) is 24.2 Å². The van der Waals surface area contributed by atoms with Crippen LogP contribution < -0.4 is 0 Å². The van der Waals surface area contributed by atoms with Crippen LogP contribution in [0.3, 0.4) is 0 Å². The molecule has 1 aliphatic rings. The highest BCUT2D eigenvalue weighted by Crippen LogP contribution is 2.22. The van der Waals surface area contributed by atoms with E-state index in [4.69, 9.17) is 9.15 Å². The van der Waals surface area contributed by atoms with Crippen molar-refractivity contribution < 1.29 is 9.15 Å². The Hall–Kier alpha value is -1.66. The lowest BCUT2D eigenvalue weighted by molar-refractivity contribution is -0.0406. The minimum atomic E-state index is -0.0122. The Labute approximate surface area is 124 Å². The fourth-order valence-electron chi connectivity index (χ4n) is 2.68. The summed E-state index contributed by atoms with van der Waals surface area (Å²) in [5.74, 6) is 2.97. The zero-order chi connectivity index (χ0) is 14.7. The van der Waals surface area contributed by atoms with Gasteiger partial charge in [-0.25, -0.2) is 0 Å². The van der Waals surface area contributed by atoms with Crippen molar-refractivity contribution >= 4 is 0 Å². The molecule has 0 saturated carbocycles. The third kappa shape index (κ3) is 3.16. The molecule has 6 nitrogen and oxygen atoms in total. The number of morpholine rings is 1. The standard InChI is InChI=1S/C15H22N4O2/c1-3-12-5-6-13(21-12)9-18-7-8-20-14(10-18)15-17-16-11-19(15)4-2/h5-6,11,14H,3-4,7-10H2,1-2H3/t14-/m0/s1. The molecule has 0 aliphatic carbocycles. The second-order valence-electron chi connectivity index (χ2n) is 5.29. The Kier molecular flexibility index (Phi) is 4.36. The van der Waals surface area contributed by atoms with E-state index in [1.165, 1.54) is 0 Å². The van der Waals surface area contributed by atoms with Crippen LogP contribution in [0.15, 0.2) is 22.9 Å². The summed E-state index contributed by atoms with van der Waals surface area (Å²) < 4.78 is 13.7. The molecular weight excluding hydrogens is 268 g/mol. The summed E-state index contributed by atoms with van der Waals surface area (Å²) in [4.78, 5) is 2.35. The predicted molar refractivity (Wildman–Crippen MR) is 77.8 cm³/mol. The molecule has 6 heteroatoms. The van der Waals surface area contributed by atoms with Gasteiger partial charge in [0.05, 0.1) is 13.2 Å². The van der Waals surface area contributed by atoms with Crippen molar-refractivity contribution in [2.45, 2.75) is 39.5 Å². The van der Waals surface area contributed by atoms with Crippen molar-refractivity contribution in [1.29, 1.82) is 0 Å². The molecule has 1 atom stereocenters. The molecule has 21 heavy (non-hydrogen) atoms. The van der Waals surface area contributed by atoms with Crippen molar-refractivity contribution in [1.82, 2.24) is 19.7 Å². The van der Waals surface area contributed by atoms with Crippen molar-refractivity contribution in [3.05, 3.63) is 35.8 Å². The molecule has 0 N–H and O–H groups in total. The Morgan fingerprint density at radius 3 is 2.90 bits per heavy atom. The van der Waals surface area contributed by atoms with Crippen LogP contribution in [0.4, 0.5) is 0 Å². The van der Waals surface area contributed by atoms with E-state index in [-0.39, 0.29) is 6.10 Å². The van der Waals surface area contributed by atoms with E-state index in [2.05, 4.69) is 41.1 Å². The van der Waals surface area contributed by atoms with E-state index in [1.54, 1.807) is 6.33 Å². The minimum Gasteiger partial charge on any atom is -0.465 e. The van der Waals surface area contributed by atoms with Crippen LogP contribution in [0.25, 0.3) is 0 Å². The van der Waals surface area contributed by atoms with Crippen molar-refractivity contribution in [3.63, 3.8) is 0 Å². The van der Waals surface area contributed by atoms with Gasteiger partial charge in [0.25, 0.3) is 0 Å². The van der Waals surface area contributed by atoms with Crippen molar-refractivity contribution in [2.24, 2.45) is 0 Å². The van der Waals surface area contributed by atoms with Gasteiger partial charge in [-0.15, -0.1) is 10.2 Å². The van der Waals surface area contributed by atoms with Gasteiger partial charge in [0.1, 0.15) is 24.0 Å². The summed E-state index contributed by atoms with van der Waals surface area (Å²) >= 11 is 0. The van der Waals surface area contributed by atoms with Gasteiger partial charge in [-0.2, -0.15) is 0 Å². The average molecular weight is 290 g/mol. The number of rotatable bonds is 5. The first kappa shape index (κ1) is 14.3. The van der Waals surface area contributed by atoms with E-state index in [0.717, 1.165) is 49.9 Å². The first-order valence-electron chi connectivity index (χ1n) is 7.59. The summed E-state index contributed by atoms with van der Waals surface area (Å²) in [6.07, 6.45) is 2.69. The van der Waals surface area contributed by atoms with Gasteiger partial charge >= 0.3 is 0 Å². The number of nitrogens with zero attached hydrogens (tertiary/aromatic N) is 4. The smallest absolute Gasteiger partial charge is 0.163 e. The van der Waals surface area contributed by atoms with Crippen LogP contribution in [-0.4, -0.2) is 39.4 Å². The molecule has 0 radical (unpaired) electrons. The van der Waals surface area contributed by atoms with Crippen molar-refractivity contribution in [3.8, 4) is 0 Å². The lowest BCUT2D eigenvalue weighted by Crippen LogP contribution is -2.38. The van der Waals surface area contributed by atoms with Crippen LogP contribution in [0.1, 0.15) is 37.3 Å². The predicted octanol–water partition coefficient (Wildman–Crippen LogP) is 2.03. The molecule has 1 saturated heterocycles. The lowest BCUT2D eigenvalue weighted by atomic mass is 10.2. The highest BCUT2D eigenvalue weighted by Gasteiger charge is 2.26. The van der Waals surface area contributed by atoms with Gasteiger partial charge < -0.3 is 13.7 Å². The number of ether oxygens (including phenoxy) is 1. The third-order valence-corrected chi connectivity index (χ3v) is 3.87. The minimum absolute atomic E-state index is 0.0122. The highest BCUT2D eigenvalue weighted by molar-refractivity contribution is 5.07. The second kappa shape index (κ2) is 6.41. The zero-order valence-corrected chi connectivity index (χ0v) is 12.7. The van der Waals surface area contributed by atoms with Crippen LogP contribution in [0, 0.1) is 0 Å². The Morgan fingerprint density at radius 1 is 1.29 bits per heavy atom. The molecule has 0 aromatic carbocycles. The highest BCUT2D eigenvalue weighted by atomic mass is 16.5. The summed E-state index contributed by atoms with van der Waals surface area (Å²) in [5.41, 5.74) is 0. The molecule has 2 aromatic rings. The first-order valence-corrected chi connectivity index (χ1v) is 7.59. The first-order chi connectivity index (χ1) is 10.3. The van der Waals surface area contributed by atoms with Gasteiger partial charge in [-0.3, -0.25) is 4.90 Å². The zero-order valence-electron chi connectivity index (χ0n) is 12.7. The lowest BCUT2D eigenvalue weighted by Gasteiger charge is -2.31. The molecule has 3 rings (SSSR count). The molecule has 0 spiro atoms. The van der Waals surface area contributed by atoms with Crippen LogP contribution in [0.2, 0.25) is 0 Å². The van der Waals surface area contributed by atoms with Gasteiger partial charge in [0.2, 0.25) is 0 Å². The molecule has 2 aromatic heterocycles. The fraction of sp³-hybridized carbons (Fsp3) is 0.600. The maximum Gasteiger partial charge on any atom is 0.163 e. The number of aryl methyl sites for hydroxylation is 2. The molecule has 3 heterocycles. The Balaban J connectivity index is 1.65. The summed E-state index contributed by atoms with van der Waals surface area (Å²) in [7, 11) is 0. The van der Waals surface area contributed by atoms with E-state index >= 15 is 0 Å². The fourth-order valence-corrected chi connectivity index (χ4v) is 2.68. The van der Waals surface area contributed by atoms with E-state index in [9.17, 15) is 0 Å². The van der Waals surface area contributed by atoms with Crippen LogP contribution in [0.5, 0.6) is 0 Å². The Bertz CT molecular complexity index is 578. The molecule has 0 amide bonds. The molecule has 1 aliphatic heterocycles. The van der Waals surface area contributed by atoms with Gasteiger partial charge in [-0.1, -0.05) is 6.92 Å². The molecule has 0 bridgehead atoms. The van der Waals surface area contributed by atoms with E-state index < -0.39 is 0 Å².